The number of nitro benzene ring substituents is 1. The number of hydrogen-bond donors (Lipinski definition) is 1. The van der Waals surface area contributed by atoms with E-state index in [0.717, 1.165) is 16.4 Å². The molecule has 0 fully saturated rings. The lowest BCUT2D eigenvalue weighted by atomic mass is 10.2. The third-order valence-corrected chi connectivity index (χ3v) is 5.09. The van der Waals surface area contributed by atoms with Crippen LogP contribution in [0.15, 0.2) is 17.0 Å². The number of aliphatic hydroxyl groups excluding tert-OH is 1. The first-order valence-corrected chi connectivity index (χ1v) is 7.75. The van der Waals surface area contributed by atoms with E-state index in [1.54, 1.807) is 6.92 Å². The van der Waals surface area contributed by atoms with Crippen LogP contribution in [0.3, 0.4) is 0 Å². The molecule has 118 valence electrons. The van der Waals surface area contributed by atoms with Crippen LogP contribution in [0.1, 0.15) is 18.9 Å². The van der Waals surface area contributed by atoms with Crippen molar-refractivity contribution in [1.82, 2.24) is 4.31 Å². The van der Waals surface area contributed by atoms with Crippen molar-refractivity contribution in [3.05, 3.63) is 33.6 Å². The molecule has 0 amide bonds. The molecule has 0 saturated heterocycles. The molecule has 0 bridgehead atoms. The summed E-state index contributed by atoms with van der Waals surface area (Å²) < 4.78 is 39.5. The molecule has 0 atom stereocenters. The molecule has 0 spiro atoms. The molecule has 1 rings (SSSR count). The normalized spacial score (nSPS) is 11.9. The molecular weight excluding hydrogens is 303 g/mol. The Morgan fingerprint density at radius 2 is 2.05 bits per heavy atom. The number of aliphatic hydroxyl groups is 1. The van der Waals surface area contributed by atoms with Gasteiger partial charge in [-0.25, -0.2) is 8.42 Å². The number of halogens is 1. The fourth-order valence-electron chi connectivity index (χ4n) is 1.89. The van der Waals surface area contributed by atoms with Crippen LogP contribution in [-0.2, 0) is 10.0 Å². The van der Waals surface area contributed by atoms with Crippen molar-refractivity contribution < 1.29 is 22.8 Å². The molecule has 0 saturated carbocycles. The third kappa shape index (κ3) is 3.74. The number of benzene rings is 1. The second-order valence-corrected chi connectivity index (χ2v) is 6.31. The van der Waals surface area contributed by atoms with Crippen molar-refractivity contribution in [2.75, 3.05) is 19.7 Å². The summed E-state index contributed by atoms with van der Waals surface area (Å²) in [6.07, 6.45) is 0.245. The lowest BCUT2D eigenvalue weighted by molar-refractivity contribution is -0.387. The summed E-state index contributed by atoms with van der Waals surface area (Å²) in [7, 11) is -3.98. The predicted octanol–water partition coefficient (Wildman–Crippen LogP) is 1.44. The number of sulfonamides is 1. The maximum atomic E-state index is 13.5. The van der Waals surface area contributed by atoms with E-state index >= 15 is 0 Å². The summed E-state index contributed by atoms with van der Waals surface area (Å²) >= 11 is 0. The molecule has 0 radical (unpaired) electrons. The van der Waals surface area contributed by atoms with E-state index in [-0.39, 0.29) is 36.6 Å². The van der Waals surface area contributed by atoms with E-state index in [0.29, 0.717) is 0 Å². The van der Waals surface area contributed by atoms with Gasteiger partial charge in [-0.1, -0.05) is 6.92 Å². The van der Waals surface area contributed by atoms with Crippen molar-refractivity contribution in [3.63, 3.8) is 0 Å². The molecule has 21 heavy (non-hydrogen) atoms. The molecule has 0 unspecified atom stereocenters. The van der Waals surface area contributed by atoms with Gasteiger partial charge in [0.1, 0.15) is 0 Å². The lowest BCUT2D eigenvalue weighted by Gasteiger charge is -2.21. The van der Waals surface area contributed by atoms with Gasteiger partial charge in [0.15, 0.2) is 0 Å². The van der Waals surface area contributed by atoms with Crippen LogP contribution in [0.5, 0.6) is 0 Å². The minimum Gasteiger partial charge on any atom is -0.396 e. The molecule has 0 aliphatic rings. The second-order valence-electron chi connectivity index (χ2n) is 4.40. The van der Waals surface area contributed by atoms with Crippen LogP contribution in [0.25, 0.3) is 0 Å². The van der Waals surface area contributed by atoms with Gasteiger partial charge in [0.05, 0.1) is 9.82 Å². The van der Waals surface area contributed by atoms with Gasteiger partial charge in [-0.2, -0.15) is 8.70 Å². The Labute approximate surface area is 122 Å². The molecule has 9 heteroatoms. The largest absolute Gasteiger partial charge is 0.396 e. The van der Waals surface area contributed by atoms with Crippen molar-refractivity contribution in [3.8, 4) is 0 Å². The monoisotopic (exact) mass is 320 g/mol. The van der Waals surface area contributed by atoms with Crippen LogP contribution in [-0.4, -0.2) is 42.4 Å². The Morgan fingerprint density at radius 1 is 1.43 bits per heavy atom. The van der Waals surface area contributed by atoms with Gasteiger partial charge in [0, 0.05) is 25.8 Å². The van der Waals surface area contributed by atoms with E-state index in [4.69, 9.17) is 5.11 Å². The molecular formula is C12H17FN2O5S. The van der Waals surface area contributed by atoms with Gasteiger partial charge >= 0.3 is 5.69 Å². The quantitative estimate of drug-likeness (QED) is 0.605. The average Bonchev–Trinajstić information content (AvgIpc) is 2.38. The summed E-state index contributed by atoms with van der Waals surface area (Å²) in [4.78, 5) is 9.49. The number of hydrogen-bond acceptors (Lipinski definition) is 5. The maximum Gasteiger partial charge on any atom is 0.306 e. The number of nitro groups is 1. The first kappa shape index (κ1) is 17.5. The van der Waals surface area contributed by atoms with Crippen LogP contribution in [0.4, 0.5) is 10.1 Å². The van der Waals surface area contributed by atoms with E-state index in [1.165, 1.54) is 6.92 Å². The SMILES string of the molecule is CCN(CCCO)S(=O)(=O)c1cc([N+](=O)[O-])c(F)cc1C. The van der Waals surface area contributed by atoms with Crippen molar-refractivity contribution in [2.24, 2.45) is 0 Å². The smallest absolute Gasteiger partial charge is 0.306 e. The summed E-state index contributed by atoms with van der Waals surface area (Å²) in [5.74, 6) is -1.07. The zero-order valence-corrected chi connectivity index (χ0v) is 12.6. The highest BCUT2D eigenvalue weighted by Gasteiger charge is 2.28. The van der Waals surface area contributed by atoms with Crippen LogP contribution in [0.2, 0.25) is 0 Å². The standard InChI is InChI=1S/C12H17FN2O5S/c1-3-14(5-4-6-16)21(19,20)12-8-11(15(17)18)10(13)7-9(12)2/h7-8,16H,3-6H2,1-2H3. The summed E-state index contributed by atoms with van der Waals surface area (Å²) in [6, 6.07) is 1.58. The van der Waals surface area contributed by atoms with Crippen molar-refractivity contribution in [1.29, 1.82) is 0 Å². The van der Waals surface area contributed by atoms with Gasteiger partial charge < -0.3 is 5.11 Å². The minimum absolute atomic E-state index is 0.0833. The molecule has 1 aromatic carbocycles. The first-order valence-electron chi connectivity index (χ1n) is 6.31. The van der Waals surface area contributed by atoms with Gasteiger partial charge in [-0.05, 0) is 25.0 Å². The highest BCUT2D eigenvalue weighted by molar-refractivity contribution is 7.89. The number of rotatable bonds is 7. The van der Waals surface area contributed by atoms with Crippen molar-refractivity contribution >= 4 is 15.7 Å². The van der Waals surface area contributed by atoms with Crippen LogP contribution < -0.4 is 0 Å². The zero-order valence-electron chi connectivity index (χ0n) is 11.7. The van der Waals surface area contributed by atoms with Gasteiger partial charge in [-0.3, -0.25) is 10.1 Å². The molecule has 0 aliphatic carbocycles. The topological polar surface area (TPSA) is 101 Å². The van der Waals surface area contributed by atoms with E-state index in [2.05, 4.69) is 0 Å². The Balaban J connectivity index is 3.36. The highest BCUT2D eigenvalue weighted by atomic mass is 32.2. The fourth-order valence-corrected chi connectivity index (χ4v) is 3.61. The third-order valence-electron chi connectivity index (χ3n) is 2.98. The highest BCUT2D eigenvalue weighted by Crippen LogP contribution is 2.27. The van der Waals surface area contributed by atoms with E-state index in [9.17, 15) is 22.9 Å². The maximum absolute atomic E-state index is 13.5. The van der Waals surface area contributed by atoms with E-state index in [1.807, 2.05) is 0 Å². The second kappa shape index (κ2) is 6.92. The predicted molar refractivity (Wildman–Crippen MR) is 73.9 cm³/mol. The molecule has 0 heterocycles. The Hall–Kier alpha value is -1.58. The lowest BCUT2D eigenvalue weighted by Crippen LogP contribution is -2.32. The summed E-state index contributed by atoms with van der Waals surface area (Å²) in [5, 5.41) is 19.5. The van der Waals surface area contributed by atoms with E-state index < -0.39 is 26.5 Å². The Bertz CT molecular complexity index is 633. The zero-order chi connectivity index (χ0) is 16.2. The van der Waals surface area contributed by atoms with Gasteiger partial charge in [0.25, 0.3) is 0 Å². The molecule has 0 aliphatic heterocycles. The Morgan fingerprint density at radius 3 is 2.52 bits per heavy atom. The molecule has 0 aromatic heterocycles. The molecule has 7 nitrogen and oxygen atoms in total. The summed E-state index contributed by atoms with van der Waals surface area (Å²) in [6.45, 7) is 3.04. The van der Waals surface area contributed by atoms with Gasteiger partial charge in [0.2, 0.25) is 15.8 Å². The van der Waals surface area contributed by atoms with Gasteiger partial charge in [-0.15, -0.1) is 0 Å². The average molecular weight is 320 g/mol. The first-order chi connectivity index (χ1) is 9.75. The molecule has 1 aromatic rings. The Kier molecular flexibility index (Phi) is 5.76. The number of nitrogens with zero attached hydrogens (tertiary/aromatic N) is 2. The minimum atomic E-state index is -3.98. The summed E-state index contributed by atoms with van der Waals surface area (Å²) in [5.41, 5.74) is -0.780. The van der Waals surface area contributed by atoms with Crippen LogP contribution in [0, 0.1) is 22.9 Å². The van der Waals surface area contributed by atoms with Crippen molar-refractivity contribution in [2.45, 2.75) is 25.2 Å². The van der Waals surface area contributed by atoms with Crippen LogP contribution >= 0.6 is 0 Å². The number of aryl methyl sites for hydroxylation is 1. The fraction of sp³-hybridized carbons (Fsp3) is 0.500. The molecule has 1 N–H and O–H groups in total.